The Hall–Kier alpha value is -2.48. The molecule has 1 unspecified atom stereocenters. The predicted molar refractivity (Wildman–Crippen MR) is 103 cm³/mol. The molecule has 0 radical (unpaired) electrons. The van der Waals surface area contributed by atoms with Gasteiger partial charge in [-0.2, -0.15) is 0 Å². The molecule has 2 aromatic rings. The first-order valence-corrected chi connectivity index (χ1v) is 9.92. The van der Waals surface area contributed by atoms with E-state index >= 15 is 0 Å². The van der Waals surface area contributed by atoms with Crippen LogP contribution in [-0.2, 0) is 4.74 Å². The maximum Gasteiger partial charge on any atom is 0.317 e. The fourth-order valence-electron chi connectivity index (χ4n) is 4.14. The molecule has 2 aliphatic rings. The van der Waals surface area contributed by atoms with E-state index in [9.17, 15) is 4.79 Å². The van der Waals surface area contributed by atoms with Gasteiger partial charge in [0.25, 0.3) is 0 Å². The Morgan fingerprint density at radius 2 is 2.04 bits per heavy atom. The lowest BCUT2D eigenvalue weighted by Crippen LogP contribution is -2.42. The van der Waals surface area contributed by atoms with E-state index in [0.29, 0.717) is 50.5 Å². The maximum absolute atomic E-state index is 12.7. The highest BCUT2D eigenvalue weighted by atomic mass is 16.5. The molecular formula is C20H27N5O3. The van der Waals surface area contributed by atoms with Gasteiger partial charge in [-0.1, -0.05) is 13.8 Å². The predicted octanol–water partition coefficient (Wildman–Crippen LogP) is 2.69. The topological polar surface area (TPSA) is 93.4 Å². The summed E-state index contributed by atoms with van der Waals surface area (Å²) in [7, 11) is 0. The number of carbonyl (C=O) groups is 1. The van der Waals surface area contributed by atoms with Gasteiger partial charge >= 0.3 is 6.03 Å². The number of aromatic nitrogens is 3. The van der Waals surface area contributed by atoms with E-state index in [-0.39, 0.29) is 17.4 Å². The lowest BCUT2D eigenvalue weighted by atomic mass is 9.72. The Labute approximate surface area is 164 Å². The van der Waals surface area contributed by atoms with Crippen LogP contribution in [0.15, 0.2) is 28.9 Å². The number of pyridine rings is 1. The number of nitrogens with one attached hydrogen (secondary N) is 1. The van der Waals surface area contributed by atoms with Crippen LogP contribution in [-0.4, -0.2) is 59.0 Å². The van der Waals surface area contributed by atoms with E-state index in [1.54, 1.807) is 12.4 Å². The van der Waals surface area contributed by atoms with Crippen LogP contribution in [0.3, 0.4) is 0 Å². The first-order valence-electron chi connectivity index (χ1n) is 9.92. The first-order chi connectivity index (χ1) is 13.6. The SMILES string of the molecule is CC(C)CNC(=O)N1CC(c2nnc(-c3ccncc3)o2)C2(CCOCC2)C1. The highest BCUT2D eigenvalue weighted by molar-refractivity contribution is 5.74. The quantitative estimate of drug-likeness (QED) is 0.870. The summed E-state index contributed by atoms with van der Waals surface area (Å²) in [6.45, 7) is 7.52. The minimum absolute atomic E-state index is 0.0176. The number of hydrogen-bond donors (Lipinski definition) is 1. The van der Waals surface area contributed by atoms with Crippen molar-refractivity contribution >= 4 is 6.03 Å². The number of amides is 2. The lowest BCUT2D eigenvalue weighted by molar-refractivity contribution is 0.0102. The van der Waals surface area contributed by atoms with E-state index < -0.39 is 0 Å². The van der Waals surface area contributed by atoms with Gasteiger partial charge in [0, 0.05) is 56.2 Å². The summed E-state index contributed by atoms with van der Waals surface area (Å²) in [5.74, 6) is 1.53. The maximum atomic E-state index is 12.7. The van der Waals surface area contributed by atoms with Gasteiger partial charge in [-0.25, -0.2) is 4.79 Å². The van der Waals surface area contributed by atoms with Crippen LogP contribution in [0.5, 0.6) is 0 Å². The standard InChI is InChI=1S/C20H27N5O3/c1-14(2)11-22-19(26)25-12-16(20(13-25)5-9-27-10-6-20)18-24-23-17(28-18)15-3-7-21-8-4-15/h3-4,7-8,14,16H,5-6,9-13H2,1-2H3,(H,22,26). The lowest BCUT2D eigenvalue weighted by Gasteiger charge is -2.36. The molecule has 150 valence electrons. The molecule has 1 spiro atoms. The highest BCUT2D eigenvalue weighted by Gasteiger charge is 2.51. The average molecular weight is 385 g/mol. The van der Waals surface area contributed by atoms with Crippen molar-refractivity contribution in [2.75, 3.05) is 32.8 Å². The average Bonchev–Trinajstić information content (AvgIpc) is 3.33. The second-order valence-electron chi connectivity index (χ2n) is 8.17. The zero-order valence-corrected chi connectivity index (χ0v) is 16.4. The largest absolute Gasteiger partial charge is 0.420 e. The smallest absolute Gasteiger partial charge is 0.317 e. The van der Waals surface area contributed by atoms with Gasteiger partial charge in [0.2, 0.25) is 11.8 Å². The zero-order chi connectivity index (χ0) is 19.6. The van der Waals surface area contributed by atoms with Crippen molar-refractivity contribution in [2.45, 2.75) is 32.6 Å². The third-order valence-electron chi connectivity index (χ3n) is 5.75. The van der Waals surface area contributed by atoms with Crippen molar-refractivity contribution in [1.29, 1.82) is 0 Å². The summed E-state index contributed by atoms with van der Waals surface area (Å²) >= 11 is 0. The number of hydrogen-bond acceptors (Lipinski definition) is 6. The third kappa shape index (κ3) is 3.73. The first kappa shape index (κ1) is 18.9. The number of rotatable bonds is 4. The van der Waals surface area contributed by atoms with Crippen molar-refractivity contribution in [3.63, 3.8) is 0 Å². The van der Waals surface area contributed by atoms with Gasteiger partial charge in [-0.15, -0.1) is 10.2 Å². The molecule has 2 saturated heterocycles. The van der Waals surface area contributed by atoms with E-state index in [1.807, 2.05) is 17.0 Å². The van der Waals surface area contributed by atoms with E-state index in [2.05, 4.69) is 34.3 Å². The molecule has 8 heteroatoms. The molecule has 1 N–H and O–H groups in total. The van der Waals surface area contributed by atoms with Gasteiger partial charge in [-0.05, 0) is 30.9 Å². The van der Waals surface area contributed by atoms with Gasteiger partial charge < -0.3 is 19.4 Å². The summed E-state index contributed by atoms with van der Waals surface area (Å²) in [6.07, 6.45) is 5.18. The number of urea groups is 1. The molecule has 2 fully saturated rings. The third-order valence-corrected chi connectivity index (χ3v) is 5.75. The Morgan fingerprint density at radius 1 is 1.29 bits per heavy atom. The molecule has 0 bridgehead atoms. The van der Waals surface area contributed by atoms with Crippen LogP contribution in [0.25, 0.3) is 11.5 Å². The fourth-order valence-corrected chi connectivity index (χ4v) is 4.14. The molecule has 0 saturated carbocycles. The normalized spacial score (nSPS) is 21.4. The molecule has 2 aromatic heterocycles. The highest BCUT2D eigenvalue weighted by Crippen LogP contribution is 2.49. The number of carbonyl (C=O) groups excluding carboxylic acids is 1. The van der Waals surface area contributed by atoms with Crippen LogP contribution in [0.1, 0.15) is 38.5 Å². The molecular weight excluding hydrogens is 358 g/mol. The number of ether oxygens (including phenoxy) is 1. The second-order valence-corrected chi connectivity index (χ2v) is 8.17. The van der Waals surface area contributed by atoms with Crippen molar-refractivity contribution in [3.8, 4) is 11.5 Å². The van der Waals surface area contributed by atoms with Gasteiger partial charge in [0.15, 0.2) is 0 Å². The number of nitrogens with zero attached hydrogens (tertiary/aromatic N) is 4. The molecule has 1 atom stereocenters. The van der Waals surface area contributed by atoms with E-state index in [1.165, 1.54) is 0 Å². The molecule has 2 aliphatic heterocycles. The molecule has 4 rings (SSSR count). The van der Waals surface area contributed by atoms with Crippen molar-refractivity contribution in [2.24, 2.45) is 11.3 Å². The summed E-state index contributed by atoms with van der Waals surface area (Å²) in [4.78, 5) is 18.6. The Morgan fingerprint density at radius 3 is 2.75 bits per heavy atom. The molecule has 8 nitrogen and oxygen atoms in total. The Bertz CT molecular complexity index is 801. The van der Waals surface area contributed by atoms with Gasteiger partial charge in [-0.3, -0.25) is 4.98 Å². The van der Waals surface area contributed by atoms with Crippen LogP contribution in [0.4, 0.5) is 4.79 Å². The van der Waals surface area contributed by atoms with Gasteiger partial charge in [0.1, 0.15) is 0 Å². The van der Waals surface area contributed by atoms with E-state index in [0.717, 1.165) is 18.4 Å². The Balaban J connectivity index is 1.57. The Kier molecular flexibility index (Phi) is 5.30. The molecule has 2 amide bonds. The summed E-state index contributed by atoms with van der Waals surface area (Å²) in [5.41, 5.74) is 0.773. The van der Waals surface area contributed by atoms with Crippen LogP contribution in [0.2, 0.25) is 0 Å². The second kappa shape index (κ2) is 7.87. The molecule has 0 aliphatic carbocycles. The van der Waals surface area contributed by atoms with E-state index in [4.69, 9.17) is 9.15 Å². The summed E-state index contributed by atoms with van der Waals surface area (Å²) in [6, 6.07) is 3.68. The van der Waals surface area contributed by atoms with Crippen molar-refractivity contribution in [3.05, 3.63) is 30.4 Å². The van der Waals surface area contributed by atoms with Crippen LogP contribution < -0.4 is 5.32 Å². The van der Waals surface area contributed by atoms with Crippen LogP contribution in [0, 0.1) is 11.3 Å². The van der Waals surface area contributed by atoms with Crippen LogP contribution >= 0.6 is 0 Å². The zero-order valence-electron chi connectivity index (χ0n) is 16.4. The van der Waals surface area contributed by atoms with Crippen molar-refractivity contribution < 1.29 is 13.9 Å². The minimum atomic E-state index is -0.0739. The van der Waals surface area contributed by atoms with Crippen molar-refractivity contribution in [1.82, 2.24) is 25.4 Å². The molecule has 0 aromatic carbocycles. The van der Waals surface area contributed by atoms with Gasteiger partial charge in [0.05, 0.1) is 5.92 Å². The summed E-state index contributed by atoms with van der Waals surface area (Å²) < 4.78 is 11.7. The minimum Gasteiger partial charge on any atom is -0.420 e. The molecule has 28 heavy (non-hydrogen) atoms. The summed E-state index contributed by atoms with van der Waals surface area (Å²) in [5, 5.41) is 11.6. The monoisotopic (exact) mass is 385 g/mol. The molecule has 4 heterocycles. The number of likely N-dealkylation sites (tertiary alicyclic amines) is 1. The fraction of sp³-hybridized carbons (Fsp3) is 0.600.